The predicted molar refractivity (Wildman–Crippen MR) is 93.1 cm³/mol. The van der Waals surface area contributed by atoms with Crippen molar-refractivity contribution in [2.24, 2.45) is 0 Å². The number of rotatable bonds is 6. The summed E-state index contributed by atoms with van der Waals surface area (Å²) in [5.74, 6) is -0.454. The standard InChI is InChI=1S/C18H16ClFN2O3/c19-16-4-2-1-3-12(16)9-25-10-14(23)8-22-11-21-17-7-13(20)5-6-15(17)18(22)24/h1-7,11,14,23H,8-10H2/t14-/m1/s1. The molecule has 3 rings (SSSR count). The van der Waals surface area contributed by atoms with E-state index >= 15 is 0 Å². The molecule has 5 nitrogen and oxygen atoms in total. The minimum atomic E-state index is -0.889. The summed E-state index contributed by atoms with van der Waals surface area (Å²) in [7, 11) is 0. The first-order valence-electron chi connectivity index (χ1n) is 7.68. The Morgan fingerprint density at radius 1 is 1.28 bits per heavy atom. The Bertz CT molecular complexity index is 945. The second-order valence-electron chi connectivity index (χ2n) is 5.62. The van der Waals surface area contributed by atoms with Gasteiger partial charge in [0, 0.05) is 11.1 Å². The molecule has 7 heteroatoms. The monoisotopic (exact) mass is 362 g/mol. The van der Waals surface area contributed by atoms with Gasteiger partial charge in [-0.1, -0.05) is 29.8 Å². The molecule has 0 aliphatic heterocycles. The van der Waals surface area contributed by atoms with Crippen LogP contribution in [0.2, 0.25) is 5.02 Å². The molecule has 0 fully saturated rings. The van der Waals surface area contributed by atoms with E-state index in [1.165, 1.54) is 29.1 Å². The molecule has 0 amide bonds. The van der Waals surface area contributed by atoms with E-state index in [1.807, 2.05) is 18.2 Å². The van der Waals surface area contributed by atoms with E-state index in [2.05, 4.69) is 4.98 Å². The van der Waals surface area contributed by atoms with Crippen molar-refractivity contribution in [1.82, 2.24) is 9.55 Å². The van der Waals surface area contributed by atoms with Gasteiger partial charge in [0.1, 0.15) is 5.82 Å². The van der Waals surface area contributed by atoms with Crippen LogP contribution in [0, 0.1) is 5.82 Å². The average molecular weight is 363 g/mol. The van der Waals surface area contributed by atoms with Crippen LogP contribution in [0.15, 0.2) is 53.6 Å². The fraction of sp³-hybridized carbons (Fsp3) is 0.222. The predicted octanol–water partition coefficient (Wildman–Crippen LogP) is 2.77. The molecule has 1 aromatic heterocycles. The number of ether oxygens (including phenoxy) is 1. The quantitative estimate of drug-likeness (QED) is 0.732. The van der Waals surface area contributed by atoms with Gasteiger partial charge in [-0.15, -0.1) is 0 Å². The first-order valence-corrected chi connectivity index (χ1v) is 8.06. The molecule has 0 saturated heterocycles. The third-order valence-electron chi connectivity index (χ3n) is 3.72. The van der Waals surface area contributed by atoms with Crippen LogP contribution in [0.25, 0.3) is 10.9 Å². The van der Waals surface area contributed by atoms with Crippen molar-refractivity contribution >= 4 is 22.5 Å². The number of hydrogen-bond acceptors (Lipinski definition) is 4. The number of aromatic nitrogens is 2. The lowest BCUT2D eigenvalue weighted by Gasteiger charge is -2.13. The summed E-state index contributed by atoms with van der Waals surface area (Å²) in [4.78, 5) is 16.4. The van der Waals surface area contributed by atoms with E-state index in [1.54, 1.807) is 6.07 Å². The number of nitrogens with zero attached hydrogens (tertiary/aromatic N) is 2. The summed E-state index contributed by atoms with van der Waals surface area (Å²) >= 11 is 6.03. The summed E-state index contributed by atoms with van der Waals surface area (Å²) < 4.78 is 19.9. The fourth-order valence-corrected chi connectivity index (χ4v) is 2.65. The molecular formula is C18H16ClFN2O3. The zero-order valence-electron chi connectivity index (χ0n) is 13.2. The van der Waals surface area contributed by atoms with Gasteiger partial charge in [0.15, 0.2) is 0 Å². The second kappa shape index (κ2) is 7.74. The first-order chi connectivity index (χ1) is 12.0. The SMILES string of the molecule is O=c1c2ccc(F)cc2ncn1C[C@@H](O)COCc1ccccc1Cl. The fourth-order valence-electron chi connectivity index (χ4n) is 2.46. The van der Waals surface area contributed by atoms with Crippen LogP contribution in [0.5, 0.6) is 0 Å². The van der Waals surface area contributed by atoms with Crippen molar-refractivity contribution in [3.63, 3.8) is 0 Å². The summed E-state index contributed by atoms with van der Waals surface area (Å²) in [5.41, 5.74) is 0.767. The van der Waals surface area contributed by atoms with Crippen molar-refractivity contribution < 1.29 is 14.2 Å². The lowest BCUT2D eigenvalue weighted by Crippen LogP contribution is -2.29. The molecule has 1 N–H and O–H groups in total. The van der Waals surface area contributed by atoms with E-state index in [4.69, 9.17) is 16.3 Å². The van der Waals surface area contributed by atoms with E-state index in [-0.39, 0.29) is 30.8 Å². The van der Waals surface area contributed by atoms with Crippen molar-refractivity contribution in [3.8, 4) is 0 Å². The molecule has 0 radical (unpaired) electrons. The highest BCUT2D eigenvalue weighted by molar-refractivity contribution is 6.31. The number of fused-ring (bicyclic) bond motifs is 1. The van der Waals surface area contributed by atoms with Gasteiger partial charge >= 0.3 is 0 Å². The van der Waals surface area contributed by atoms with Crippen molar-refractivity contribution in [2.45, 2.75) is 19.3 Å². The Morgan fingerprint density at radius 2 is 2.08 bits per heavy atom. The van der Waals surface area contributed by atoms with Crippen LogP contribution < -0.4 is 5.56 Å². The minimum Gasteiger partial charge on any atom is -0.389 e. The van der Waals surface area contributed by atoms with Crippen molar-refractivity contribution in [1.29, 1.82) is 0 Å². The Balaban J connectivity index is 1.63. The highest BCUT2D eigenvalue weighted by Crippen LogP contribution is 2.15. The second-order valence-corrected chi connectivity index (χ2v) is 6.03. The maximum atomic E-state index is 13.2. The van der Waals surface area contributed by atoms with Crippen LogP contribution in [-0.2, 0) is 17.9 Å². The minimum absolute atomic E-state index is 0.0294. The van der Waals surface area contributed by atoms with Crippen LogP contribution >= 0.6 is 11.6 Å². The molecule has 0 aliphatic rings. The molecule has 0 unspecified atom stereocenters. The van der Waals surface area contributed by atoms with E-state index in [0.717, 1.165) is 5.56 Å². The Labute approximate surface area is 148 Å². The maximum Gasteiger partial charge on any atom is 0.261 e. The highest BCUT2D eigenvalue weighted by atomic mass is 35.5. The average Bonchev–Trinajstić information content (AvgIpc) is 2.59. The molecule has 2 aromatic carbocycles. The Hall–Kier alpha value is -2.28. The highest BCUT2D eigenvalue weighted by Gasteiger charge is 2.10. The summed E-state index contributed by atoms with van der Waals surface area (Å²) in [6.45, 7) is 0.335. The Morgan fingerprint density at radius 3 is 2.88 bits per heavy atom. The number of benzene rings is 2. The number of halogens is 2. The molecule has 25 heavy (non-hydrogen) atoms. The third kappa shape index (κ3) is 4.22. The van der Waals surface area contributed by atoms with Gasteiger partial charge in [-0.25, -0.2) is 9.37 Å². The molecular weight excluding hydrogens is 347 g/mol. The molecule has 0 aliphatic carbocycles. The van der Waals surface area contributed by atoms with Gasteiger partial charge < -0.3 is 9.84 Å². The van der Waals surface area contributed by atoms with E-state index in [0.29, 0.717) is 10.4 Å². The molecule has 3 aromatic rings. The van der Waals surface area contributed by atoms with Gasteiger partial charge in [0.25, 0.3) is 5.56 Å². The molecule has 0 bridgehead atoms. The zero-order chi connectivity index (χ0) is 17.8. The lowest BCUT2D eigenvalue weighted by atomic mass is 10.2. The van der Waals surface area contributed by atoms with Gasteiger partial charge in [-0.05, 0) is 23.8 Å². The zero-order valence-corrected chi connectivity index (χ0v) is 14.0. The number of aliphatic hydroxyl groups excluding tert-OH is 1. The lowest BCUT2D eigenvalue weighted by molar-refractivity contribution is 0.0198. The number of aliphatic hydroxyl groups is 1. The third-order valence-corrected chi connectivity index (χ3v) is 4.09. The first kappa shape index (κ1) is 17.5. The topological polar surface area (TPSA) is 64.4 Å². The summed E-state index contributed by atoms with van der Waals surface area (Å²) in [6, 6.07) is 11.1. The van der Waals surface area contributed by atoms with Crippen LogP contribution in [0.4, 0.5) is 4.39 Å². The van der Waals surface area contributed by atoms with Gasteiger partial charge in [-0.3, -0.25) is 9.36 Å². The molecule has 1 atom stereocenters. The van der Waals surface area contributed by atoms with Crippen LogP contribution in [0.3, 0.4) is 0 Å². The van der Waals surface area contributed by atoms with Gasteiger partial charge in [0.2, 0.25) is 0 Å². The molecule has 0 spiro atoms. The Kier molecular flexibility index (Phi) is 5.43. The summed E-state index contributed by atoms with van der Waals surface area (Å²) in [5, 5.41) is 11.0. The molecule has 0 saturated carbocycles. The normalized spacial score (nSPS) is 12.4. The van der Waals surface area contributed by atoms with Crippen molar-refractivity contribution in [3.05, 3.63) is 75.5 Å². The largest absolute Gasteiger partial charge is 0.389 e. The van der Waals surface area contributed by atoms with Crippen molar-refractivity contribution in [2.75, 3.05) is 6.61 Å². The van der Waals surface area contributed by atoms with Gasteiger partial charge in [-0.2, -0.15) is 0 Å². The van der Waals surface area contributed by atoms with E-state index < -0.39 is 11.9 Å². The van der Waals surface area contributed by atoms with Gasteiger partial charge in [0.05, 0.1) is 43.1 Å². The molecule has 1 heterocycles. The summed E-state index contributed by atoms with van der Waals surface area (Å²) in [6.07, 6.45) is 0.404. The number of hydrogen-bond donors (Lipinski definition) is 1. The molecule has 130 valence electrons. The van der Waals surface area contributed by atoms with E-state index in [9.17, 15) is 14.3 Å². The van der Waals surface area contributed by atoms with Crippen LogP contribution in [0.1, 0.15) is 5.56 Å². The smallest absolute Gasteiger partial charge is 0.261 e. The maximum absolute atomic E-state index is 13.2. The van der Waals surface area contributed by atoms with Crippen LogP contribution in [-0.4, -0.2) is 27.4 Å².